The van der Waals surface area contributed by atoms with Gasteiger partial charge in [-0.3, -0.25) is 4.79 Å². The molecule has 0 fully saturated rings. The maximum atomic E-state index is 14.1. The zero-order chi connectivity index (χ0) is 40.4. The van der Waals surface area contributed by atoms with Crippen LogP contribution in [-0.4, -0.2) is 74.5 Å². The molecular weight excluding hydrogens is 713 g/mol. The normalized spacial score (nSPS) is 15.9. The van der Waals surface area contributed by atoms with E-state index in [1.165, 1.54) is 0 Å². The van der Waals surface area contributed by atoms with E-state index >= 15 is 0 Å². The quantitative estimate of drug-likeness (QED) is 0.0260. The van der Waals surface area contributed by atoms with Crippen LogP contribution in [0.25, 0.3) is 0 Å². The van der Waals surface area contributed by atoms with Crippen molar-refractivity contribution in [2.45, 2.75) is 136 Å². The van der Waals surface area contributed by atoms with Crippen LogP contribution in [0.2, 0.25) is 37.8 Å². The summed E-state index contributed by atoms with van der Waals surface area (Å²) in [7, 11) is -1.05. The fourth-order valence-corrected chi connectivity index (χ4v) is 8.10. The number of ether oxygens (including phenoxy) is 5. The largest absolute Gasteiger partial charge is 0.497 e. The van der Waals surface area contributed by atoms with E-state index in [9.17, 15) is 4.79 Å². The van der Waals surface area contributed by atoms with Gasteiger partial charge in [0.2, 0.25) is 5.78 Å². The molecular formula is C44H70O8Si2. The third kappa shape index (κ3) is 17.5. The van der Waals surface area contributed by atoms with Crippen molar-refractivity contribution in [3.05, 3.63) is 77.9 Å². The average molecular weight is 783 g/mol. The molecule has 6 atom stereocenters. The van der Waals surface area contributed by atoms with Gasteiger partial charge in [-0.05, 0) is 73.4 Å². The van der Waals surface area contributed by atoms with Crippen molar-refractivity contribution < 1.29 is 37.3 Å². The second-order valence-corrected chi connectivity index (χ2v) is 25.8. The van der Waals surface area contributed by atoms with Crippen molar-refractivity contribution in [1.82, 2.24) is 0 Å². The lowest BCUT2D eigenvalue weighted by atomic mass is 9.86. The Kier molecular flexibility index (Phi) is 20.7. The number of hydrogen-bond acceptors (Lipinski definition) is 8. The Morgan fingerprint density at radius 1 is 0.870 bits per heavy atom. The topological polar surface area (TPSA) is 81.7 Å². The van der Waals surface area contributed by atoms with E-state index in [0.29, 0.717) is 26.2 Å². The summed E-state index contributed by atoms with van der Waals surface area (Å²) in [6.07, 6.45) is 5.08. The molecule has 0 aliphatic carbocycles. The summed E-state index contributed by atoms with van der Waals surface area (Å²) in [4.78, 5) is 14.1. The highest BCUT2D eigenvalue weighted by molar-refractivity contribution is 6.74. The molecule has 2 aromatic carbocycles. The zero-order valence-corrected chi connectivity index (χ0v) is 37.5. The first-order valence-corrected chi connectivity index (χ1v) is 25.8. The molecule has 54 heavy (non-hydrogen) atoms. The van der Waals surface area contributed by atoms with Crippen molar-refractivity contribution in [1.29, 1.82) is 0 Å². The van der Waals surface area contributed by atoms with Gasteiger partial charge in [-0.15, -0.1) is 0 Å². The Hall–Kier alpha value is -2.60. The Labute approximate surface area is 329 Å². The first kappa shape index (κ1) is 47.6. The first-order chi connectivity index (χ1) is 25.4. The first-order valence-electron chi connectivity index (χ1n) is 19.4. The van der Waals surface area contributed by atoms with Gasteiger partial charge in [0.05, 0.1) is 51.2 Å². The van der Waals surface area contributed by atoms with Crippen molar-refractivity contribution >= 4 is 22.4 Å². The number of ketones is 1. The van der Waals surface area contributed by atoms with E-state index in [1.54, 1.807) is 14.2 Å². The van der Waals surface area contributed by atoms with Crippen LogP contribution in [0.5, 0.6) is 5.75 Å². The standard InChI is InChI=1S/C44H70O8Si2/c1-14-19-39(50-33-46-7)30-40(51-54(12,13)44(4,5)6)27-28-41(45)34(2)43(52-53(9,10)11)35(3)42(49-32-36-20-16-15-17-21-36)22-18-29-48-31-37-23-25-38(47-8)26-24-37/h15-18,20-26,34-35,39-40,42-43H,14,19,29-33H2,1-13H3/b22-18+/t34-,35-,39+,40-,42+,43+/m1/s1. The molecule has 0 unspecified atom stereocenters. The van der Waals surface area contributed by atoms with Crippen molar-refractivity contribution in [3.8, 4) is 17.6 Å². The van der Waals surface area contributed by atoms with E-state index in [4.69, 9.17) is 32.5 Å². The minimum Gasteiger partial charge on any atom is -0.497 e. The lowest BCUT2D eigenvalue weighted by Crippen LogP contribution is -2.45. The van der Waals surface area contributed by atoms with Crippen molar-refractivity contribution in [2.75, 3.05) is 27.6 Å². The Morgan fingerprint density at radius 2 is 1.52 bits per heavy atom. The van der Waals surface area contributed by atoms with Gasteiger partial charge in [-0.2, -0.15) is 0 Å². The summed E-state index contributed by atoms with van der Waals surface area (Å²) in [5.74, 6) is 6.26. The van der Waals surface area contributed by atoms with Gasteiger partial charge in [0, 0.05) is 19.4 Å². The molecule has 0 saturated heterocycles. The molecule has 0 spiro atoms. The van der Waals surface area contributed by atoms with E-state index < -0.39 is 34.8 Å². The summed E-state index contributed by atoms with van der Waals surface area (Å²) in [5.41, 5.74) is 2.13. The summed E-state index contributed by atoms with van der Waals surface area (Å²) < 4.78 is 42.7. The van der Waals surface area contributed by atoms with Crippen LogP contribution in [0.3, 0.4) is 0 Å². The number of carbonyl (C=O) groups is 1. The predicted molar refractivity (Wildman–Crippen MR) is 224 cm³/mol. The maximum Gasteiger partial charge on any atom is 0.210 e. The number of benzene rings is 2. The number of methoxy groups -OCH3 is 2. The summed E-state index contributed by atoms with van der Waals surface area (Å²) in [5, 5.41) is -0.0213. The minimum absolute atomic E-state index is 0.0213. The van der Waals surface area contributed by atoms with E-state index in [1.807, 2.05) is 61.5 Å². The van der Waals surface area contributed by atoms with Gasteiger partial charge >= 0.3 is 0 Å². The fourth-order valence-electron chi connectivity index (χ4n) is 5.64. The van der Waals surface area contributed by atoms with Gasteiger partial charge in [0.25, 0.3) is 0 Å². The molecule has 302 valence electrons. The van der Waals surface area contributed by atoms with Gasteiger partial charge in [-0.25, -0.2) is 0 Å². The summed E-state index contributed by atoms with van der Waals surface area (Å²) in [6.45, 7) is 25.2. The highest BCUT2D eigenvalue weighted by Gasteiger charge is 2.40. The number of carbonyl (C=O) groups excluding carboxylic acids is 1. The molecule has 0 heterocycles. The molecule has 0 aliphatic heterocycles. The molecule has 0 aliphatic rings. The average Bonchev–Trinajstić information content (AvgIpc) is 3.12. The van der Waals surface area contributed by atoms with Crippen LogP contribution in [0.15, 0.2) is 66.7 Å². The second kappa shape index (κ2) is 23.5. The monoisotopic (exact) mass is 782 g/mol. The van der Waals surface area contributed by atoms with Crippen LogP contribution in [0, 0.1) is 23.7 Å². The van der Waals surface area contributed by atoms with Gasteiger partial charge in [0.1, 0.15) is 18.6 Å². The zero-order valence-electron chi connectivity index (χ0n) is 35.5. The van der Waals surface area contributed by atoms with Crippen LogP contribution in [0.4, 0.5) is 0 Å². The second-order valence-electron chi connectivity index (χ2n) is 16.6. The third-order valence-electron chi connectivity index (χ3n) is 9.79. The molecule has 0 aromatic heterocycles. The van der Waals surface area contributed by atoms with Crippen LogP contribution in [0.1, 0.15) is 71.9 Å². The molecule has 2 rings (SSSR count). The van der Waals surface area contributed by atoms with Crippen molar-refractivity contribution in [3.63, 3.8) is 0 Å². The Balaban J connectivity index is 2.37. The van der Waals surface area contributed by atoms with Crippen molar-refractivity contribution in [2.24, 2.45) is 11.8 Å². The van der Waals surface area contributed by atoms with Crippen LogP contribution in [-0.2, 0) is 45.8 Å². The number of Topliss-reactive ketones (excluding diaryl/α,β-unsaturated/α-hetero) is 1. The molecule has 2 aromatic rings. The molecule has 0 saturated carbocycles. The van der Waals surface area contributed by atoms with E-state index in [0.717, 1.165) is 29.7 Å². The molecule has 10 heteroatoms. The highest BCUT2D eigenvalue weighted by Crippen LogP contribution is 2.38. The predicted octanol–water partition coefficient (Wildman–Crippen LogP) is 9.99. The highest BCUT2D eigenvalue weighted by atomic mass is 28.4. The molecule has 8 nitrogen and oxygen atoms in total. The van der Waals surface area contributed by atoms with Crippen LogP contribution < -0.4 is 4.74 Å². The van der Waals surface area contributed by atoms with Crippen LogP contribution >= 0.6 is 0 Å². The lowest BCUT2D eigenvalue weighted by Gasteiger charge is -2.38. The molecule has 0 bridgehead atoms. The molecule has 0 radical (unpaired) electrons. The fraction of sp³-hybridized carbons (Fsp3) is 0.614. The Bertz CT molecular complexity index is 1440. The smallest absolute Gasteiger partial charge is 0.210 e. The van der Waals surface area contributed by atoms with Gasteiger partial charge in [0.15, 0.2) is 16.6 Å². The van der Waals surface area contributed by atoms with Gasteiger partial charge < -0.3 is 32.5 Å². The van der Waals surface area contributed by atoms with Gasteiger partial charge in [-0.1, -0.05) is 109 Å². The number of hydrogen-bond donors (Lipinski definition) is 0. The third-order valence-corrected chi connectivity index (χ3v) is 15.3. The van der Waals surface area contributed by atoms with E-state index in [-0.39, 0.29) is 35.7 Å². The van der Waals surface area contributed by atoms with E-state index in [2.05, 4.69) is 91.3 Å². The molecule has 0 N–H and O–H groups in total. The summed E-state index contributed by atoms with van der Waals surface area (Å²) >= 11 is 0. The maximum absolute atomic E-state index is 14.1. The lowest BCUT2D eigenvalue weighted by molar-refractivity contribution is -0.122. The number of rotatable bonds is 24. The Morgan fingerprint density at radius 3 is 2.09 bits per heavy atom. The molecule has 0 amide bonds. The summed E-state index contributed by atoms with van der Waals surface area (Å²) in [6, 6.07) is 18.0. The minimum atomic E-state index is -2.21. The SMILES string of the molecule is CCC[C@@H](C[C@@H](C#CC(=O)[C@@H](C)[C@H](O[Si](C)(C)C)[C@H](C)[C@H](/C=C/COCc1ccc(OC)cc1)OCc1ccccc1)O[Si](C)(C)C(C)(C)C)OCOC.